The van der Waals surface area contributed by atoms with E-state index in [0.29, 0.717) is 0 Å². The number of amides is 1. The van der Waals surface area contributed by atoms with E-state index < -0.39 is 49.2 Å². The minimum Gasteiger partial charge on any atom is -0.444 e. The highest BCUT2D eigenvalue weighted by atomic mass is 32.2. The number of sulfonamides is 1. The molecule has 1 aliphatic rings. The molecule has 0 unspecified atom stereocenters. The number of alkyl halides is 2. The van der Waals surface area contributed by atoms with Gasteiger partial charge in [-0.15, -0.1) is 0 Å². The minimum absolute atomic E-state index is 0.0864. The van der Waals surface area contributed by atoms with Crippen molar-refractivity contribution in [3.8, 4) is 0 Å². The number of pyridine rings is 1. The quantitative estimate of drug-likeness (QED) is 0.512. The van der Waals surface area contributed by atoms with Crippen LogP contribution in [-0.2, 0) is 35.5 Å². The molecular weight excluding hydrogens is 524 g/mol. The third kappa shape index (κ3) is 6.67. The first kappa shape index (κ1) is 27.7. The van der Waals surface area contributed by atoms with E-state index in [9.17, 15) is 30.4 Å². The lowest BCUT2D eigenvalue weighted by Gasteiger charge is -2.34. The molecule has 0 saturated heterocycles. The summed E-state index contributed by atoms with van der Waals surface area (Å²) in [5, 5.41) is 6.06. The number of anilines is 2. The Morgan fingerprint density at radius 1 is 1.28 bits per heavy atom. The number of nitrogens with zero attached hydrogens (tertiary/aromatic N) is 4. The summed E-state index contributed by atoms with van der Waals surface area (Å²) < 4.78 is 87.7. The van der Waals surface area contributed by atoms with Crippen LogP contribution in [0, 0.1) is 12.8 Å². The van der Waals surface area contributed by atoms with Gasteiger partial charge in [-0.3, -0.25) is 18.8 Å². The predicted octanol–water partition coefficient (Wildman–Crippen LogP) is 2.67. The molecule has 1 amide bonds. The number of nitrogens with one attached hydrogen (secondary N) is 1. The molecule has 2 aromatic heterocycles. The van der Waals surface area contributed by atoms with Gasteiger partial charge in [0.1, 0.15) is 10.5 Å². The lowest BCUT2D eigenvalue weighted by molar-refractivity contribution is 0.0560. The van der Waals surface area contributed by atoms with Crippen LogP contribution < -0.4 is 9.62 Å². The van der Waals surface area contributed by atoms with Crippen molar-refractivity contribution in [3.05, 3.63) is 29.8 Å². The standard InChI is InChI=1S/C20H27F2N5O7S2/c1-12-17(10-26(25-12)18(21)22)36(31,32)27-9-13(11-33-35(5,29)30)6-15-16(27)7-14(8-23-15)24-19(28)34-20(2,3)4/h7-8,10,13,18H,6,9,11H2,1-5H3,(H,24,28)/t13-/m1/s1. The summed E-state index contributed by atoms with van der Waals surface area (Å²) in [7, 11) is -8.25. The molecule has 16 heteroatoms. The molecule has 0 bridgehead atoms. The third-order valence-electron chi connectivity index (χ3n) is 4.92. The molecule has 1 atom stereocenters. The second-order valence-electron chi connectivity index (χ2n) is 9.25. The van der Waals surface area contributed by atoms with Crippen LogP contribution in [0.25, 0.3) is 0 Å². The molecule has 1 N–H and O–H groups in total. The first-order valence-electron chi connectivity index (χ1n) is 10.7. The van der Waals surface area contributed by atoms with Crippen molar-refractivity contribution in [2.75, 3.05) is 29.0 Å². The highest BCUT2D eigenvalue weighted by Gasteiger charge is 2.37. The monoisotopic (exact) mass is 551 g/mol. The molecular formula is C20H27F2N5O7S2. The molecule has 0 spiro atoms. The zero-order valence-electron chi connectivity index (χ0n) is 20.2. The largest absolute Gasteiger partial charge is 0.444 e. The van der Waals surface area contributed by atoms with E-state index in [1.165, 1.54) is 19.2 Å². The van der Waals surface area contributed by atoms with E-state index in [4.69, 9.17) is 8.92 Å². The number of hydrogen-bond donors (Lipinski definition) is 1. The number of fused-ring (bicyclic) bond motifs is 1. The average Bonchev–Trinajstić information content (AvgIpc) is 3.12. The highest BCUT2D eigenvalue weighted by Crippen LogP contribution is 2.36. The van der Waals surface area contributed by atoms with Crippen LogP contribution >= 0.6 is 0 Å². The highest BCUT2D eigenvalue weighted by molar-refractivity contribution is 7.92. The fraction of sp³-hybridized carbons (Fsp3) is 0.550. The Morgan fingerprint density at radius 2 is 1.94 bits per heavy atom. The Hall–Kier alpha value is -2.85. The Labute approximate surface area is 207 Å². The van der Waals surface area contributed by atoms with Gasteiger partial charge in [-0.1, -0.05) is 0 Å². The maximum atomic E-state index is 13.6. The van der Waals surface area contributed by atoms with E-state index in [2.05, 4.69) is 15.4 Å². The van der Waals surface area contributed by atoms with Gasteiger partial charge in [-0.25, -0.2) is 17.9 Å². The van der Waals surface area contributed by atoms with Crippen LogP contribution in [0.5, 0.6) is 0 Å². The van der Waals surface area contributed by atoms with Crippen molar-refractivity contribution in [2.45, 2.75) is 51.2 Å². The first-order valence-corrected chi connectivity index (χ1v) is 13.9. The number of halogens is 2. The maximum absolute atomic E-state index is 13.6. The van der Waals surface area contributed by atoms with Crippen molar-refractivity contribution in [1.82, 2.24) is 14.8 Å². The van der Waals surface area contributed by atoms with Gasteiger partial charge in [0.15, 0.2) is 0 Å². The molecule has 0 aliphatic carbocycles. The van der Waals surface area contributed by atoms with Gasteiger partial charge in [0.25, 0.3) is 20.1 Å². The van der Waals surface area contributed by atoms with E-state index in [0.717, 1.165) is 16.8 Å². The van der Waals surface area contributed by atoms with Crippen molar-refractivity contribution < 1.29 is 39.3 Å². The lowest BCUT2D eigenvalue weighted by Crippen LogP contribution is -2.42. The van der Waals surface area contributed by atoms with Crippen molar-refractivity contribution in [1.29, 1.82) is 0 Å². The van der Waals surface area contributed by atoms with Gasteiger partial charge in [0, 0.05) is 12.5 Å². The Balaban J connectivity index is 2.03. The average molecular weight is 552 g/mol. The number of hydrogen-bond acceptors (Lipinski definition) is 9. The van der Waals surface area contributed by atoms with Gasteiger partial charge in [-0.05, 0) is 40.2 Å². The molecule has 1 aliphatic heterocycles. The van der Waals surface area contributed by atoms with E-state index in [1.54, 1.807) is 20.8 Å². The Bertz CT molecular complexity index is 1350. The SMILES string of the molecule is Cc1nn(C(F)F)cc1S(=O)(=O)N1C[C@H](COS(C)(=O)=O)Cc2ncc(NC(=O)OC(C)(C)C)cc21. The summed E-state index contributed by atoms with van der Waals surface area (Å²) in [6, 6.07) is 1.37. The van der Waals surface area contributed by atoms with Gasteiger partial charge >= 0.3 is 12.6 Å². The topological polar surface area (TPSA) is 150 Å². The number of aryl methyl sites for hydroxylation is 1. The number of carbonyl (C=O) groups is 1. The molecule has 2 aromatic rings. The number of aromatic nitrogens is 3. The molecule has 0 radical (unpaired) electrons. The molecule has 36 heavy (non-hydrogen) atoms. The third-order valence-corrected chi connectivity index (χ3v) is 7.37. The van der Waals surface area contributed by atoms with Crippen LogP contribution in [0.3, 0.4) is 0 Å². The number of carbonyl (C=O) groups excluding carboxylic acids is 1. The molecule has 12 nitrogen and oxygen atoms in total. The zero-order chi connectivity index (χ0) is 27.1. The summed E-state index contributed by atoms with van der Waals surface area (Å²) in [5.74, 6) is -0.621. The summed E-state index contributed by atoms with van der Waals surface area (Å²) in [6.07, 6.45) is 2.27. The minimum atomic E-state index is -4.45. The summed E-state index contributed by atoms with van der Waals surface area (Å²) in [4.78, 5) is 16.0. The summed E-state index contributed by atoms with van der Waals surface area (Å²) in [5.41, 5.74) is -0.434. The van der Waals surface area contributed by atoms with Crippen LogP contribution in [0.1, 0.15) is 38.7 Å². The van der Waals surface area contributed by atoms with Gasteiger partial charge in [-0.2, -0.15) is 22.3 Å². The summed E-state index contributed by atoms with van der Waals surface area (Å²) >= 11 is 0. The molecule has 0 aromatic carbocycles. The number of ether oxygens (including phenoxy) is 1. The van der Waals surface area contributed by atoms with Crippen LogP contribution in [0.4, 0.5) is 25.0 Å². The fourth-order valence-electron chi connectivity index (χ4n) is 3.51. The normalized spacial score (nSPS) is 16.7. The van der Waals surface area contributed by atoms with E-state index in [1.807, 2.05) is 0 Å². The smallest absolute Gasteiger partial charge is 0.412 e. The van der Waals surface area contributed by atoms with E-state index >= 15 is 0 Å². The second-order valence-corrected chi connectivity index (χ2v) is 12.7. The second kappa shape index (κ2) is 9.89. The van der Waals surface area contributed by atoms with Crippen molar-refractivity contribution >= 4 is 37.6 Å². The van der Waals surface area contributed by atoms with Crippen LogP contribution in [-0.4, -0.2) is 62.7 Å². The van der Waals surface area contributed by atoms with Crippen LogP contribution in [0.2, 0.25) is 0 Å². The van der Waals surface area contributed by atoms with Crippen molar-refractivity contribution in [2.24, 2.45) is 5.92 Å². The molecule has 3 rings (SSSR count). The molecule has 3 heterocycles. The predicted molar refractivity (Wildman–Crippen MR) is 125 cm³/mol. The first-order chi connectivity index (χ1) is 16.5. The van der Waals surface area contributed by atoms with Crippen molar-refractivity contribution in [3.63, 3.8) is 0 Å². The molecule has 0 saturated carbocycles. The van der Waals surface area contributed by atoms with Gasteiger partial charge in [0.2, 0.25) is 0 Å². The Kier molecular flexibility index (Phi) is 7.62. The Morgan fingerprint density at radius 3 is 2.50 bits per heavy atom. The maximum Gasteiger partial charge on any atom is 0.412 e. The van der Waals surface area contributed by atoms with Gasteiger partial charge < -0.3 is 4.74 Å². The summed E-state index contributed by atoms with van der Waals surface area (Å²) in [6.45, 7) is 2.69. The van der Waals surface area contributed by atoms with Crippen LogP contribution in [0.15, 0.2) is 23.4 Å². The fourth-order valence-corrected chi connectivity index (χ4v) is 5.67. The lowest BCUT2D eigenvalue weighted by atomic mass is 9.98. The molecule has 200 valence electrons. The van der Waals surface area contributed by atoms with Gasteiger partial charge in [0.05, 0.1) is 48.0 Å². The van der Waals surface area contributed by atoms with E-state index in [-0.39, 0.29) is 47.0 Å². The molecule has 0 fully saturated rings. The zero-order valence-corrected chi connectivity index (χ0v) is 21.9. The number of rotatable bonds is 7.